The number of unbranched alkanes of at least 4 members (excludes halogenated alkanes) is 6. The Morgan fingerprint density at radius 1 is 0.366 bits per heavy atom. The minimum absolute atomic E-state index is 0. The van der Waals surface area contributed by atoms with Gasteiger partial charge in [0.2, 0.25) is 0 Å². The van der Waals surface area contributed by atoms with E-state index in [1.165, 1.54) is 196 Å². The van der Waals surface area contributed by atoms with E-state index < -0.39 is 62.5 Å². The van der Waals surface area contributed by atoms with Crippen LogP contribution in [-0.4, -0.2) is 12.2 Å². The SMILES string of the molecule is CC(C)(C)OCCCCCC1=CCC=C1.CC(C)(C)c1ccc2c(c1)Cc1cc(C(C)(C)C)ccc1-2.CC1=C(C)C(C)=C(C)C1.CCCCC1=CCC=C1.CCCCCCc1ccc2c(c1)Cc1ccccc1-2.[CH3-].[CH3-].[CH3-].[CH3-].[CH3-].[CH3-].[Cl][Zr+2][Cl].[Cl][Zr+2][Cl].[Cl][Zr+2][Cl].c1ccc2c(c1)Cc1ccccc1-2. The van der Waals surface area contributed by atoms with Crippen LogP contribution in [0, 0.1) is 44.6 Å². The topological polar surface area (TPSA) is 9.23 Å². The Kier molecular flexibility index (Phi) is 56.8. The van der Waals surface area contributed by atoms with Crippen molar-refractivity contribution in [1.82, 2.24) is 0 Å². The van der Waals surface area contributed by atoms with Gasteiger partial charge in [-0.15, -0.1) is 0 Å². The Balaban J connectivity index is -0.00000112. The number of benzene rings is 6. The van der Waals surface area contributed by atoms with Crippen molar-refractivity contribution in [2.24, 2.45) is 0 Å². The first-order valence-corrected chi connectivity index (χ1v) is 53.6. The van der Waals surface area contributed by atoms with Crippen LogP contribution in [0.2, 0.25) is 0 Å². The molecular formula is C91H128Cl6OZr3. The van der Waals surface area contributed by atoms with Crippen molar-refractivity contribution in [2.75, 3.05) is 6.61 Å². The summed E-state index contributed by atoms with van der Waals surface area (Å²) in [5, 5.41) is 0. The quantitative estimate of drug-likeness (QED) is 0.0779. The number of fused-ring (bicyclic) bond motifs is 9. The van der Waals surface area contributed by atoms with Gasteiger partial charge in [0.05, 0.1) is 5.60 Å². The Bertz CT molecular complexity index is 3340. The molecule has 0 saturated heterocycles. The average molecular weight is 1720 g/mol. The van der Waals surface area contributed by atoms with Crippen molar-refractivity contribution < 1.29 is 67.3 Å². The number of ether oxygens (including phenoxy) is 1. The van der Waals surface area contributed by atoms with E-state index in [2.05, 4.69) is 268 Å². The number of halogens is 6. The van der Waals surface area contributed by atoms with Gasteiger partial charge in [-0.2, -0.15) is 0 Å². The Hall–Kier alpha value is -1.89. The first-order valence-electron chi connectivity index (χ1n) is 34.6. The van der Waals surface area contributed by atoms with E-state index >= 15 is 0 Å². The standard InChI is InChI=1S/C21H26.C19H22.C14H24O.C13H10.2C9H14.6CH3.6ClH.3Zr/c1-20(2,3)16-7-9-18-14(12-16)11-15-13-17(21(4,5)6)8-10-19(15)18;1-2-3-4-5-8-15-11-12-19-17(13-15)14-16-9-6-7-10-18(16)19;1-14(2,3)15-12-8-4-5-9-13-10-6-7-11-13;1-3-7-12-10(5-1)9-11-6-2-4-8-13(11)12;1-6-5-7(2)9(4)8(6)3;1-2-3-6-9-7-4-5-8-9;;;;;;;;;;;;;;;/h7-10,12-13H,11H2,1-6H3;6-7,9-13H,2-5,8,14H2,1H3;6,10-11H,4-5,7-9,12H2,1-3H3;1-8H,9H2;5H2,1-4H3;4,7-8H,2-3,5-6H2,1H3;6*1H3;6*1H;;;/q;;;;;;6*-1;;;;;;;3*+4/p-6. The maximum absolute atomic E-state index is 5.67. The van der Waals surface area contributed by atoms with Gasteiger partial charge >= 0.3 is 114 Å². The summed E-state index contributed by atoms with van der Waals surface area (Å²) in [5.74, 6) is 0. The van der Waals surface area contributed by atoms with Crippen LogP contribution < -0.4 is 0 Å². The summed E-state index contributed by atoms with van der Waals surface area (Å²) < 4.78 is 5.67. The molecule has 0 spiro atoms. The summed E-state index contributed by atoms with van der Waals surface area (Å²) in [4.78, 5) is 0. The van der Waals surface area contributed by atoms with Gasteiger partial charge in [0.25, 0.3) is 0 Å². The molecule has 0 N–H and O–H groups in total. The summed E-state index contributed by atoms with van der Waals surface area (Å²) in [6.07, 6.45) is 36.0. The number of allylic oxidation sites excluding steroid dienone is 12. The fraction of sp³-hybridized carbons (Fsp3) is 0.407. The van der Waals surface area contributed by atoms with E-state index in [-0.39, 0.29) is 61.0 Å². The van der Waals surface area contributed by atoms with E-state index in [0.717, 1.165) is 32.3 Å². The Morgan fingerprint density at radius 2 is 0.703 bits per heavy atom. The average Bonchev–Trinajstić information content (AvgIpc) is 1.64. The molecule has 12 rings (SSSR count). The molecule has 6 aromatic rings. The van der Waals surface area contributed by atoms with Gasteiger partial charge in [-0.25, -0.2) is 0 Å². The summed E-state index contributed by atoms with van der Waals surface area (Å²) in [6, 6.07) is 47.3. The summed E-state index contributed by atoms with van der Waals surface area (Å²) >= 11 is -2.48. The molecule has 0 unspecified atom stereocenters. The predicted octanol–water partition coefficient (Wildman–Crippen LogP) is 31.7. The molecule has 6 aliphatic rings. The van der Waals surface area contributed by atoms with Crippen LogP contribution in [0.3, 0.4) is 0 Å². The van der Waals surface area contributed by atoms with Crippen molar-refractivity contribution in [3.63, 3.8) is 0 Å². The Labute approximate surface area is 678 Å². The fourth-order valence-electron chi connectivity index (χ4n) is 12.4. The summed E-state index contributed by atoms with van der Waals surface area (Å²) in [7, 11) is 29.6. The van der Waals surface area contributed by atoms with Gasteiger partial charge in [0.15, 0.2) is 0 Å². The van der Waals surface area contributed by atoms with Crippen molar-refractivity contribution in [1.29, 1.82) is 0 Å². The second-order valence-corrected chi connectivity index (χ2v) is 39.7. The Morgan fingerprint density at radius 3 is 1.06 bits per heavy atom. The third kappa shape index (κ3) is 37.2. The third-order valence-electron chi connectivity index (χ3n) is 18.0. The number of hydrogen-bond donors (Lipinski definition) is 0. The van der Waals surface area contributed by atoms with Crippen LogP contribution >= 0.6 is 51.1 Å². The smallest absolute Gasteiger partial charge is 0.00135 e. The molecular weight excluding hydrogens is 1600 g/mol. The number of rotatable bonds is 14. The maximum Gasteiger partial charge on any atom is -0.00135 e. The molecule has 0 bridgehead atoms. The van der Waals surface area contributed by atoms with Crippen LogP contribution in [0.1, 0.15) is 244 Å². The largest absolute Gasteiger partial charge is 0.0619 e. The molecule has 1 nitrogen and oxygen atoms in total. The molecule has 0 fully saturated rings. The van der Waals surface area contributed by atoms with E-state index in [1.807, 2.05) is 0 Å². The van der Waals surface area contributed by atoms with E-state index in [0.29, 0.717) is 0 Å². The molecule has 6 aromatic carbocycles. The second kappa shape index (κ2) is 55.5. The first-order chi connectivity index (χ1) is 45.4. The van der Waals surface area contributed by atoms with Gasteiger partial charge in [-0.05, 0) is 237 Å². The maximum atomic E-state index is 5.67. The number of aryl methyl sites for hydroxylation is 1. The van der Waals surface area contributed by atoms with E-state index in [9.17, 15) is 0 Å². The van der Waals surface area contributed by atoms with Crippen LogP contribution in [0.5, 0.6) is 0 Å². The zero-order valence-corrected chi connectivity index (χ0v) is 78.1. The molecule has 6 aliphatic carbocycles. The molecule has 0 heterocycles. The number of hydrogen-bond acceptors (Lipinski definition) is 1. The molecule has 0 aliphatic heterocycles. The minimum atomic E-state index is -0.826. The molecule has 101 heavy (non-hydrogen) atoms. The molecule has 0 saturated carbocycles. The summed E-state index contributed by atoms with van der Waals surface area (Å²) in [6.45, 7) is 34.3. The molecule has 0 atom stereocenters. The van der Waals surface area contributed by atoms with Crippen molar-refractivity contribution in [2.45, 2.75) is 236 Å². The van der Waals surface area contributed by atoms with E-state index in [4.69, 9.17) is 55.8 Å². The van der Waals surface area contributed by atoms with Crippen LogP contribution in [0.25, 0.3) is 33.4 Å². The molecule has 0 radical (unpaired) electrons. The third-order valence-corrected chi connectivity index (χ3v) is 18.0. The first kappa shape index (κ1) is 103. The van der Waals surface area contributed by atoms with Crippen LogP contribution in [0.4, 0.5) is 0 Å². The second-order valence-electron chi connectivity index (χ2n) is 28.5. The van der Waals surface area contributed by atoms with Gasteiger partial charge in [0, 0.05) is 6.61 Å². The molecule has 0 aromatic heterocycles. The van der Waals surface area contributed by atoms with Crippen molar-refractivity contribution in [3.8, 4) is 33.4 Å². The fourth-order valence-corrected chi connectivity index (χ4v) is 12.4. The predicted molar refractivity (Wildman–Crippen MR) is 452 cm³/mol. The van der Waals surface area contributed by atoms with Gasteiger partial charge in [-0.1, -0.05) is 274 Å². The minimum Gasteiger partial charge on any atom is -0.0619 e. The van der Waals surface area contributed by atoms with Crippen LogP contribution in [-0.2, 0) is 104 Å². The van der Waals surface area contributed by atoms with E-state index in [1.54, 1.807) is 11.1 Å². The van der Waals surface area contributed by atoms with Crippen LogP contribution in [0.15, 0.2) is 197 Å². The summed E-state index contributed by atoms with van der Waals surface area (Å²) in [5.41, 5.74) is 31.5. The zero-order chi connectivity index (χ0) is 70.0. The van der Waals surface area contributed by atoms with Gasteiger partial charge < -0.3 is 49.3 Å². The molecule has 10 heteroatoms. The van der Waals surface area contributed by atoms with Gasteiger partial charge in [-0.3, -0.25) is 0 Å². The van der Waals surface area contributed by atoms with Crippen molar-refractivity contribution >= 4 is 51.1 Å². The van der Waals surface area contributed by atoms with Crippen molar-refractivity contribution in [3.05, 3.63) is 292 Å². The normalized spacial score (nSPS) is 12.7. The zero-order valence-electron chi connectivity index (χ0n) is 66.2. The molecule has 0 amide bonds. The van der Waals surface area contributed by atoms with Gasteiger partial charge in [0.1, 0.15) is 0 Å². The molecule has 552 valence electrons. The monoisotopic (exact) mass is 1720 g/mol.